The topological polar surface area (TPSA) is 89.3 Å². The monoisotopic (exact) mass is 392 g/mol. The number of β-amino-alcohol motifs (C(OH)–C–C–N with tert-alkyl or cyclic N) is 1. The first-order chi connectivity index (χ1) is 14.1. The molecule has 1 fully saturated rings. The van der Waals surface area contributed by atoms with Crippen LogP contribution in [0.5, 0.6) is 0 Å². The highest BCUT2D eigenvalue weighted by atomic mass is 16.6. The Balaban J connectivity index is 1.41. The van der Waals surface area contributed by atoms with Crippen LogP contribution < -0.4 is 5.32 Å². The van der Waals surface area contributed by atoms with Gasteiger partial charge in [-0.25, -0.2) is 4.68 Å². The second kappa shape index (κ2) is 8.55. The minimum Gasteiger partial charge on any atom is -0.458 e. The van der Waals surface area contributed by atoms with Crippen LogP contribution in [0.3, 0.4) is 0 Å². The lowest BCUT2D eigenvalue weighted by atomic mass is 10.00. The van der Waals surface area contributed by atoms with Gasteiger partial charge in [-0.1, -0.05) is 59.8 Å². The van der Waals surface area contributed by atoms with E-state index in [1.165, 1.54) is 12.5 Å². The number of carbonyl (C=O) groups excluding carboxylic acids is 1. The van der Waals surface area contributed by atoms with Gasteiger partial charge in [-0.15, -0.1) is 5.10 Å². The van der Waals surface area contributed by atoms with Crippen molar-refractivity contribution in [3.8, 4) is 11.3 Å². The molecular formula is C22H24N4O3. The lowest BCUT2D eigenvalue weighted by Gasteiger charge is -2.21. The Morgan fingerprint density at radius 2 is 1.93 bits per heavy atom. The van der Waals surface area contributed by atoms with E-state index in [1.54, 1.807) is 0 Å². The third kappa shape index (κ3) is 4.70. The van der Waals surface area contributed by atoms with E-state index in [9.17, 15) is 9.90 Å². The SMILES string of the molecule is CC(=O)O[C@@H]1[C@@H](O)CN[C@@H]1Cc1ccc(-c2cn(Cc3ccccc3)nn2)cc1. The summed E-state index contributed by atoms with van der Waals surface area (Å²) >= 11 is 0. The zero-order valence-electron chi connectivity index (χ0n) is 16.2. The second-order valence-electron chi connectivity index (χ2n) is 7.34. The Hall–Kier alpha value is -3.03. The molecule has 0 spiro atoms. The number of nitrogens with zero attached hydrogens (tertiary/aromatic N) is 3. The molecule has 0 radical (unpaired) electrons. The quantitative estimate of drug-likeness (QED) is 0.622. The highest BCUT2D eigenvalue weighted by molar-refractivity contribution is 5.66. The first kappa shape index (κ1) is 19.3. The maximum Gasteiger partial charge on any atom is 0.303 e. The molecule has 0 amide bonds. The predicted molar refractivity (Wildman–Crippen MR) is 108 cm³/mol. The largest absolute Gasteiger partial charge is 0.458 e. The normalized spacial score (nSPS) is 21.2. The van der Waals surface area contributed by atoms with E-state index in [4.69, 9.17) is 4.74 Å². The predicted octanol–water partition coefficient (Wildman–Crippen LogP) is 1.80. The molecule has 2 N–H and O–H groups in total. The summed E-state index contributed by atoms with van der Waals surface area (Å²) in [5.74, 6) is -0.378. The van der Waals surface area contributed by atoms with Crippen molar-refractivity contribution in [1.82, 2.24) is 20.3 Å². The number of rotatable bonds is 6. The lowest BCUT2D eigenvalue weighted by Crippen LogP contribution is -2.38. The van der Waals surface area contributed by atoms with Crippen LogP contribution in [0.25, 0.3) is 11.3 Å². The summed E-state index contributed by atoms with van der Waals surface area (Å²) < 4.78 is 7.11. The van der Waals surface area contributed by atoms with Gasteiger partial charge in [0.1, 0.15) is 17.9 Å². The number of benzene rings is 2. The zero-order valence-corrected chi connectivity index (χ0v) is 16.2. The molecule has 0 aliphatic carbocycles. The number of aliphatic hydroxyl groups is 1. The van der Waals surface area contributed by atoms with Gasteiger partial charge in [0.25, 0.3) is 0 Å². The Kier molecular flexibility index (Phi) is 5.69. The maximum atomic E-state index is 11.3. The maximum absolute atomic E-state index is 11.3. The first-order valence-corrected chi connectivity index (χ1v) is 9.70. The molecule has 3 aromatic rings. The minimum atomic E-state index is -0.678. The number of aromatic nitrogens is 3. The molecule has 2 heterocycles. The molecule has 0 saturated carbocycles. The van der Waals surface area contributed by atoms with E-state index in [2.05, 4.69) is 27.8 Å². The summed E-state index contributed by atoms with van der Waals surface area (Å²) in [5.41, 5.74) is 4.07. The molecule has 7 nitrogen and oxygen atoms in total. The molecule has 1 aliphatic rings. The third-order valence-corrected chi connectivity index (χ3v) is 5.10. The molecule has 3 atom stereocenters. The van der Waals surface area contributed by atoms with Gasteiger partial charge >= 0.3 is 5.97 Å². The van der Waals surface area contributed by atoms with Crippen molar-refractivity contribution in [3.63, 3.8) is 0 Å². The number of hydrogen-bond acceptors (Lipinski definition) is 6. The van der Waals surface area contributed by atoms with Crippen molar-refractivity contribution < 1.29 is 14.6 Å². The fourth-order valence-corrected chi connectivity index (χ4v) is 3.66. The van der Waals surface area contributed by atoms with E-state index >= 15 is 0 Å². The van der Waals surface area contributed by atoms with Crippen molar-refractivity contribution in [2.24, 2.45) is 0 Å². The molecule has 150 valence electrons. The number of aliphatic hydroxyl groups excluding tert-OH is 1. The summed E-state index contributed by atoms with van der Waals surface area (Å²) in [7, 11) is 0. The van der Waals surface area contributed by atoms with Crippen LogP contribution in [0.2, 0.25) is 0 Å². The summed E-state index contributed by atoms with van der Waals surface area (Å²) in [6.07, 6.45) is 1.40. The van der Waals surface area contributed by atoms with Gasteiger partial charge in [0.2, 0.25) is 0 Å². The van der Waals surface area contributed by atoms with Crippen LogP contribution in [0.4, 0.5) is 0 Å². The fourth-order valence-electron chi connectivity index (χ4n) is 3.66. The average molecular weight is 392 g/mol. The molecule has 1 aromatic heterocycles. The van der Waals surface area contributed by atoms with Crippen LogP contribution in [0.15, 0.2) is 60.8 Å². The molecule has 4 rings (SSSR count). The summed E-state index contributed by atoms with van der Waals surface area (Å²) in [6, 6.07) is 18.1. The summed E-state index contributed by atoms with van der Waals surface area (Å²) in [6.45, 7) is 2.46. The van der Waals surface area contributed by atoms with Gasteiger partial charge < -0.3 is 15.2 Å². The molecule has 2 aromatic carbocycles. The number of nitrogens with one attached hydrogen (secondary N) is 1. The zero-order chi connectivity index (χ0) is 20.2. The highest BCUT2D eigenvalue weighted by Gasteiger charge is 2.37. The van der Waals surface area contributed by atoms with Gasteiger partial charge in [0.05, 0.1) is 18.8 Å². The molecular weight excluding hydrogens is 368 g/mol. The van der Waals surface area contributed by atoms with Crippen molar-refractivity contribution in [2.75, 3.05) is 6.54 Å². The van der Waals surface area contributed by atoms with Crippen molar-refractivity contribution >= 4 is 5.97 Å². The Morgan fingerprint density at radius 3 is 2.66 bits per heavy atom. The Bertz CT molecular complexity index is 956. The molecule has 1 aliphatic heterocycles. The molecule has 0 bridgehead atoms. The van der Waals surface area contributed by atoms with E-state index in [0.717, 1.165) is 16.8 Å². The van der Waals surface area contributed by atoms with Gasteiger partial charge in [-0.3, -0.25) is 4.79 Å². The van der Waals surface area contributed by atoms with Crippen LogP contribution in [-0.4, -0.2) is 50.9 Å². The van der Waals surface area contributed by atoms with Gasteiger partial charge in [0.15, 0.2) is 0 Å². The number of carbonyl (C=O) groups is 1. The Morgan fingerprint density at radius 1 is 1.17 bits per heavy atom. The fraction of sp³-hybridized carbons (Fsp3) is 0.318. The van der Waals surface area contributed by atoms with E-state index in [1.807, 2.05) is 53.3 Å². The van der Waals surface area contributed by atoms with E-state index in [-0.39, 0.29) is 12.0 Å². The number of ether oxygens (including phenoxy) is 1. The molecule has 7 heteroatoms. The summed E-state index contributed by atoms with van der Waals surface area (Å²) in [4.78, 5) is 11.3. The smallest absolute Gasteiger partial charge is 0.303 e. The second-order valence-corrected chi connectivity index (χ2v) is 7.34. The molecule has 0 unspecified atom stereocenters. The lowest BCUT2D eigenvalue weighted by molar-refractivity contribution is -0.151. The molecule has 29 heavy (non-hydrogen) atoms. The third-order valence-electron chi connectivity index (χ3n) is 5.10. The van der Waals surface area contributed by atoms with Crippen molar-refractivity contribution in [3.05, 3.63) is 71.9 Å². The number of esters is 1. The Labute approximate surface area is 169 Å². The van der Waals surface area contributed by atoms with Crippen molar-refractivity contribution in [2.45, 2.75) is 38.1 Å². The van der Waals surface area contributed by atoms with Gasteiger partial charge in [-0.2, -0.15) is 0 Å². The summed E-state index contributed by atoms with van der Waals surface area (Å²) in [5, 5.41) is 21.8. The van der Waals surface area contributed by atoms with Crippen LogP contribution in [0, 0.1) is 0 Å². The van der Waals surface area contributed by atoms with E-state index < -0.39 is 12.2 Å². The minimum absolute atomic E-state index is 0.105. The molecule has 1 saturated heterocycles. The standard InChI is InChI=1S/C22H24N4O3/c1-15(27)29-22-19(23-12-21(22)28)11-16-7-9-18(10-8-16)20-14-26(25-24-20)13-17-5-3-2-4-6-17/h2-10,14,19,21-23,28H,11-13H2,1H3/t19-,21+,22+/m1/s1. The number of hydrogen-bond donors (Lipinski definition) is 2. The van der Waals surface area contributed by atoms with Crippen LogP contribution >= 0.6 is 0 Å². The van der Waals surface area contributed by atoms with Gasteiger partial charge in [0, 0.05) is 19.0 Å². The van der Waals surface area contributed by atoms with Crippen molar-refractivity contribution in [1.29, 1.82) is 0 Å². The average Bonchev–Trinajstić information content (AvgIpc) is 3.31. The van der Waals surface area contributed by atoms with Crippen LogP contribution in [-0.2, 0) is 22.5 Å². The van der Waals surface area contributed by atoms with Crippen LogP contribution in [0.1, 0.15) is 18.1 Å². The highest BCUT2D eigenvalue weighted by Crippen LogP contribution is 2.21. The van der Waals surface area contributed by atoms with E-state index in [0.29, 0.717) is 19.5 Å². The van der Waals surface area contributed by atoms with Gasteiger partial charge in [-0.05, 0) is 17.5 Å². The first-order valence-electron chi connectivity index (χ1n) is 9.70.